The Morgan fingerprint density at radius 1 is 1.35 bits per heavy atom. The molecule has 0 bridgehead atoms. The van der Waals surface area contributed by atoms with Crippen molar-refractivity contribution in [1.29, 1.82) is 0 Å². The van der Waals surface area contributed by atoms with Gasteiger partial charge in [0.1, 0.15) is 0 Å². The molecule has 0 heterocycles. The van der Waals surface area contributed by atoms with E-state index in [1.54, 1.807) is 0 Å². The van der Waals surface area contributed by atoms with Crippen molar-refractivity contribution in [1.82, 2.24) is 5.32 Å². The number of hydrogen-bond donors (Lipinski definition) is 3. The molecule has 4 heteroatoms. The van der Waals surface area contributed by atoms with Crippen molar-refractivity contribution in [3.8, 4) is 0 Å². The van der Waals surface area contributed by atoms with Crippen LogP contribution < -0.4 is 11.1 Å². The van der Waals surface area contributed by atoms with E-state index < -0.39 is 0 Å². The van der Waals surface area contributed by atoms with Crippen LogP contribution in [-0.4, -0.2) is 30.8 Å². The second kappa shape index (κ2) is 6.36. The highest BCUT2D eigenvalue weighted by atomic mass is 35.5. The van der Waals surface area contributed by atoms with Gasteiger partial charge in [-0.15, -0.1) is 0 Å². The molecule has 0 spiro atoms. The molecule has 0 aliphatic rings. The average molecular weight is 257 g/mol. The Labute approximate surface area is 108 Å². The van der Waals surface area contributed by atoms with Crippen LogP contribution in [0.5, 0.6) is 0 Å². The lowest BCUT2D eigenvalue weighted by molar-refractivity contribution is 0.260. The molecule has 0 aliphatic heterocycles. The first-order chi connectivity index (χ1) is 7.95. The lowest BCUT2D eigenvalue weighted by Gasteiger charge is -2.26. The molecular weight excluding hydrogens is 236 g/mol. The van der Waals surface area contributed by atoms with E-state index in [9.17, 15) is 0 Å². The number of benzene rings is 1. The fourth-order valence-corrected chi connectivity index (χ4v) is 1.76. The molecule has 17 heavy (non-hydrogen) atoms. The highest BCUT2D eigenvalue weighted by molar-refractivity contribution is 6.30. The Bertz CT molecular complexity index is 338. The van der Waals surface area contributed by atoms with Gasteiger partial charge in [0.25, 0.3) is 0 Å². The zero-order valence-corrected chi connectivity index (χ0v) is 11.2. The van der Waals surface area contributed by atoms with Crippen LogP contribution in [-0.2, 0) is 5.41 Å². The van der Waals surface area contributed by atoms with Crippen LogP contribution in [0.25, 0.3) is 0 Å². The van der Waals surface area contributed by atoms with Crippen LogP contribution in [0.1, 0.15) is 19.4 Å². The highest BCUT2D eigenvalue weighted by Crippen LogP contribution is 2.23. The molecule has 96 valence electrons. The van der Waals surface area contributed by atoms with Crippen LogP contribution in [0.15, 0.2) is 24.3 Å². The lowest BCUT2D eigenvalue weighted by Crippen LogP contribution is -2.41. The van der Waals surface area contributed by atoms with Crippen LogP contribution >= 0.6 is 11.6 Å². The lowest BCUT2D eigenvalue weighted by atomic mass is 9.84. The van der Waals surface area contributed by atoms with E-state index in [2.05, 4.69) is 19.2 Å². The second-order valence-corrected chi connectivity index (χ2v) is 5.40. The quantitative estimate of drug-likeness (QED) is 0.724. The van der Waals surface area contributed by atoms with E-state index in [0.29, 0.717) is 6.54 Å². The third-order valence-electron chi connectivity index (χ3n) is 2.83. The average Bonchev–Trinajstić information content (AvgIpc) is 2.29. The van der Waals surface area contributed by atoms with Gasteiger partial charge >= 0.3 is 0 Å². The first-order valence-corrected chi connectivity index (χ1v) is 6.17. The number of halogens is 1. The molecule has 1 rings (SSSR count). The highest BCUT2D eigenvalue weighted by Gasteiger charge is 2.20. The van der Waals surface area contributed by atoms with Crippen molar-refractivity contribution in [3.63, 3.8) is 0 Å². The van der Waals surface area contributed by atoms with Gasteiger partial charge in [-0.1, -0.05) is 37.6 Å². The zero-order chi connectivity index (χ0) is 12.9. The van der Waals surface area contributed by atoms with Crippen molar-refractivity contribution in [3.05, 3.63) is 34.9 Å². The van der Waals surface area contributed by atoms with Gasteiger partial charge in [-0.2, -0.15) is 0 Å². The fraction of sp³-hybridized carbons (Fsp3) is 0.538. The van der Waals surface area contributed by atoms with Crippen LogP contribution in [0.2, 0.25) is 5.02 Å². The van der Waals surface area contributed by atoms with Crippen molar-refractivity contribution in [2.24, 2.45) is 5.73 Å². The molecular formula is C13H21ClN2O. The summed E-state index contributed by atoms with van der Waals surface area (Å²) < 4.78 is 0. The van der Waals surface area contributed by atoms with Crippen LogP contribution in [0.4, 0.5) is 0 Å². The van der Waals surface area contributed by atoms with Gasteiger partial charge in [0, 0.05) is 29.6 Å². The summed E-state index contributed by atoms with van der Waals surface area (Å²) in [6.45, 7) is 5.76. The van der Waals surface area contributed by atoms with Gasteiger partial charge in [0.2, 0.25) is 0 Å². The maximum Gasteiger partial charge on any atom is 0.0594 e. The minimum Gasteiger partial charge on any atom is -0.395 e. The Morgan fingerprint density at radius 3 is 2.47 bits per heavy atom. The predicted molar refractivity (Wildman–Crippen MR) is 72.4 cm³/mol. The molecule has 3 nitrogen and oxygen atoms in total. The van der Waals surface area contributed by atoms with E-state index >= 15 is 0 Å². The SMILES string of the molecule is CC(C)(CNCC(N)CO)c1ccc(Cl)cc1. The topological polar surface area (TPSA) is 58.3 Å². The van der Waals surface area contributed by atoms with E-state index in [-0.39, 0.29) is 18.1 Å². The summed E-state index contributed by atoms with van der Waals surface area (Å²) in [5.41, 5.74) is 6.87. The van der Waals surface area contributed by atoms with Crippen LogP contribution in [0.3, 0.4) is 0 Å². The van der Waals surface area contributed by atoms with Gasteiger partial charge in [0.05, 0.1) is 6.61 Å². The third kappa shape index (κ3) is 4.64. The summed E-state index contributed by atoms with van der Waals surface area (Å²) >= 11 is 5.87. The molecule has 1 aromatic carbocycles. The Morgan fingerprint density at radius 2 is 1.94 bits per heavy atom. The summed E-state index contributed by atoms with van der Waals surface area (Å²) in [6, 6.07) is 7.68. The van der Waals surface area contributed by atoms with Gasteiger partial charge in [-0.3, -0.25) is 0 Å². The first-order valence-electron chi connectivity index (χ1n) is 5.79. The third-order valence-corrected chi connectivity index (χ3v) is 3.09. The number of nitrogens with one attached hydrogen (secondary N) is 1. The van der Waals surface area contributed by atoms with E-state index in [1.165, 1.54) is 5.56 Å². The number of hydrogen-bond acceptors (Lipinski definition) is 3. The van der Waals surface area contributed by atoms with Crippen molar-refractivity contribution in [2.75, 3.05) is 19.7 Å². The first kappa shape index (κ1) is 14.5. The molecule has 0 saturated carbocycles. The predicted octanol–water partition coefficient (Wildman–Crippen LogP) is 1.53. The number of aliphatic hydroxyl groups excluding tert-OH is 1. The minimum atomic E-state index is -0.198. The summed E-state index contributed by atoms with van der Waals surface area (Å²) in [7, 11) is 0. The van der Waals surface area contributed by atoms with Gasteiger partial charge < -0.3 is 16.2 Å². The summed E-state index contributed by atoms with van der Waals surface area (Å²) in [4.78, 5) is 0. The van der Waals surface area contributed by atoms with Gasteiger partial charge in [-0.25, -0.2) is 0 Å². The zero-order valence-electron chi connectivity index (χ0n) is 10.4. The summed E-state index contributed by atoms with van der Waals surface area (Å²) in [5, 5.41) is 12.9. The molecule has 1 aromatic rings. The number of nitrogens with two attached hydrogens (primary N) is 1. The molecule has 0 aliphatic carbocycles. The molecule has 0 aromatic heterocycles. The minimum absolute atomic E-state index is 0.00831. The van der Waals surface area contributed by atoms with E-state index in [1.807, 2.05) is 24.3 Å². The molecule has 0 fully saturated rings. The molecule has 1 atom stereocenters. The largest absolute Gasteiger partial charge is 0.395 e. The molecule has 0 amide bonds. The van der Waals surface area contributed by atoms with Crippen LogP contribution in [0, 0.1) is 0 Å². The number of aliphatic hydroxyl groups is 1. The summed E-state index contributed by atoms with van der Waals surface area (Å²) in [6.07, 6.45) is 0. The maximum absolute atomic E-state index is 8.83. The maximum atomic E-state index is 8.83. The summed E-state index contributed by atoms with van der Waals surface area (Å²) in [5.74, 6) is 0. The van der Waals surface area contributed by atoms with E-state index in [4.69, 9.17) is 22.4 Å². The smallest absolute Gasteiger partial charge is 0.0594 e. The van der Waals surface area contributed by atoms with Gasteiger partial charge in [0.15, 0.2) is 0 Å². The monoisotopic (exact) mass is 256 g/mol. The van der Waals surface area contributed by atoms with Crippen molar-refractivity contribution in [2.45, 2.75) is 25.3 Å². The molecule has 0 radical (unpaired) electrons. The molecule has 4 N–H and O–H groups in total. The Balaban J connectivity index is 2.53. The van der Waals surface area contributed by atoms with Crippen molar-refractivity contribution < 1.29 is 5.11 Å². The molecule has 1 unspecified atom stereocenters. The second-order valence-electron chi connectivity index (χ2n) is 4.96. The van der Waals surface area contributed by atoms with Gasteiger partial charge in [-0.05, 0) is 17.7 Å². The normalized spacial score (nSPS) is 13.7. The number of rotatable bonds is 6. The Hall–Kier alpha value is -0.610. The standard InChI is InChI=1S/C13H21ClN2O/c1-13(2,9-16-7-12(15)8-17)10-3-5-11(14)6-4-10/h3-6,12,16-17H,7-9,15H2,1-2H3. The Kier molecular flexibility index (Phi) is 5.40. The fourth-order valence-electron chi connectivity index (χ4n) is 1.64. The van der Waals surface area contributed by atoms with E-state index in [0.717, 1.165) is 11.6 Å². The molecule has 0 saturated heterocycles. The van der Waals surface area contributed by atoms with Crippen molar-refractivity contribution >= 4 is 11.6 Å².